The molecule has 108 valence electrons. The molecule has 1 aromatic rings. The lowest BCUT2D eigenvalue weighted by Gasteiger charge is -2.17. The fourth-order valence-corrected chi connectivity index (χ4v) is 2.09. The van der Waals surface area contributed by atoms with Gasteiger partial charge in [0, 0.05) is 11.8 Å². The molecular formula is C16H27NO2. The van der Waals surface area contributed by atoms with Crippen molar-refractivity contribution in [3.8, 4) is 11.5 Å². The molecule has 0 saturated heterocycles. The molecule has 0 bridgehead atoms. The number of benzene rings is 1. The lowest BCUT2D eigenvalue weighted by Crippen LogP contribution is -2.12. The summed E-state index contributed by atoms with van der Waals surface area (Å²) >= 11 is 0. The number of hydrogen-bond acceptors (Lipinski definition) is 3. The minimum atomic E-state index is 0.208. The first-order chi connectivity index (χ1) is 9.17. The van der Waals surface area contributed by atoms with Crippen LogP contribution >= 0.6 is 0 Å². The zero-order valence-corrected chi connectivity index (χ0v) is 12.4. The average Bonchev–Trinajstić information content (AvgIpc) is 2.40. The van der Waals surface area contributed by atoms with Gasteiger partial charge >= 0.3 is 0 Å². The van der Waals surface area contributed by atoms with E-state index in [0.717, 1.165) is 12.2 Å². The van der Waals surface area contributed by atoms with E-state index in [0.29, 0.717) is 11.4 Å². The van der Waals surface area contributed by atoms with E-state index < -0.39 is 0 Å². The van der Waals surface area contributed by atoms with Crippen LogP contribution in [0.15, 0.2) is 18.2 Å². The fraction of sp³-hybridized carbons (Fsp3) is 0.625. The van der Waals surface area contributed by atoms with Gasteiger partial charge in [-0.2, -0.15) is 0 Å². The van der Waals surface area contributed by atoms with Crippen molar-refractivity contribution in [1.29, 1.82) is 0 Å². The predicted molar refractivity (Wildman–Crippen MR) is 80.9 cm³/mol. The molecule has 0 aliphatic carbocycles. The standard InChI is InChI=1S/C16H27NO2/c1-4-5-6-7-8-9-13(2)19-15-11-10-14(17)12-16(15)18-3/h10-13H,4-9,17H2,1-3H3. The van der Waals surface area contributed by atoms with Gasteiger partial charge in [0.25, 0.3) is 0 Å². The molecular weight excluding hydrogens is 238 g/mol. The molecule has 3 heteroatoms. The van der Waals surface area contributed by atoms with Crippen LogP contribution in [0.25, 0.3) is 0 Å². The Kier molecular flexibility index (Phi) is 7.16. The first-order valence-electron chi connectivity index (χ1n) is 7.27. The minimum Gasteiger partial charge on any atom is -0.493 e. The predicted octanol–water partition coefficient (Wildman–Crippen LogP) is 4.41. The second kappa shape index (κ2) is 8.68. The number of ether oxygens (including phenoxy) is 2. The summed E-state index contributed by atoms with van der Waals surface area (Å²) in [5.41, 5.74) is 6.42. The van der Waals surface area contributed by atoms with Gasteiger partial charge in [-0.15, -0.1) is 0 Å². The van der Waals surface area contributed by atoms with Gasteiger partial charge in [0.15, 0.2) is 11.5 Å². The van der Waals surface area contributed by atoms with Gasteiger partial charge in [0.2, 0.25) is 0 Å². The lowest BCUT2D eigenvalue weighted by atomic mass is 10.1. The van der Waals surface area contributed by atoms with Gasteiger partial charge in [-0.05, 0) is 31.9 Å². The highest BCUT2D eigenvalue weighted by molar-refractivity contribution is 5.51. The van der Waals surface area contributed by atoms with E-state index >= 15 is 0 Å². The third-order valence-electron chi connectivity index (χ3n) is 3.23. The maximum absolute atomic E-state index is 5.92. The van der Waals surface area contributed by atoms with Crippen molar-refractivity contribution in [2.45, 2.75) is 58.5 Å². The number of anilines is 1. The van der Waals surface area contributed by atoms with Crippen LogP contribution in [-0.2, 0) is 0 Å². The fourth-order valence-electron chi connectivity index (χ4n) is 2.09. The van der Waals surface area contributed by atoms with Crippen LogP contribution in [0.2, 0.25) is 0 Å². The monoisotopic (exact) mass is 265 g/mol. The van der Waals surface area contributed by atoms with E-state index in [1.54, 1.807) is 13.2 Å². The Morgan fingerprint density at radius 2 is 1.84 bits per heavy atom. The van der Waals surface area contributed by atoms with Crippen molar-refractivity contribution in [3.05, 3.63) is 18.2 Å². The number of hydrogen-bond donors (Lipinski definition) is 1. The highest BCUT2D eigenvalue weighted by Crippen LogP contribution is 2.30. The van der Waals surface area contributed by atoms with E-state index in [1.807, 2.05) is 12.1 Å². The smallest absolute Gasteiger partial charge is 0.162 e. The number of unbranched alkanes of at least 4 members (excludes halogenated alkanes) is 4. The number of methoxy groups -OCH3 is 1. The van der Waals surface area contributed by atoms with Crippen LogP contribution < -0.4 is 15.2 Å². The van der Waals surface area contributed by atoms with Crippen molar-refractivity contribution in [3.63, 3.8) is 0 Å². The summed E-state index contributed by atoms with van der Waals surface area (Å²) in [6, 6.07) is 5.51. The molecule has 0 aromatic heterocycles. The van der Waals surface area contributed by atoms with E-state index in [4.69, 9.17) is 15.2 Å². The summed E-state index contributed by atoms with van der Waals surface area (Å²) in [5.74, 6) is 1.48. The molecule has 3 nitrogen and oxygen atoms in total. The Balaban J connectivity index is 2.37. The zero-order chi connectivity index (χ0) is 14.1. The highest BCUT2D eigenvalue weighted by Gasteiger charge is 2.09. The topological polar surface area (TPSA) is 44.5 Å². The second-order valence-electron chi connectivity index (χ2n) is 5.04. The maximum Gasteiger partial charge on any atom is 0.162 e. The van der Waals surface area contributed by atoms with E-state index in [2.05, 4.69) is 13.8 Å². The quantitative estimate of drug-likeness (QED) is 0.531. The molecule has 0 fully saturated rings. The molecule has 0 aliphatic rings. The summed E-state index contributed by atoms with van der Waals surface area (Å²) in [6.45, 7) is 4.34. The maximum atomic E-state index is 5.92. The summed E-state index contributed by atoms with van der Waals surface area (Å²) in [7, 11) is 1.64. The summed E-state index contributed by atoms with van der Waals surface area (Å²) < 4.78 is 11.2. The summed E-state index contributed by atoms with van der Waals surface area (Å²) in [6.07, 6.45) is 7.75. The molecule has 0 saturated carbocycles. The van der Waals surface area contributed by atoms with Crippen LogP contribution in [0.3, 0.4) is 0 Å². The largest absolute Gasteiger partial charge is 0.493 e. The highest BCUT2D eigenvalue weighted by atomic mass is 16.5. The minimum absolute atomic E-state index is 0.208. The summed E-state index contributed by atoms with van der Waals surface area (Å²) in [5, 5.41) is 0. The third kappa shape index (κ3) is 5.86. The molecule has 1 aromatic carbocycles. The van der Waals surface area contributed by atoms with Crippen LogP contribution in [0.5, 0.6) is 11.5 Å². The van der Waals surface area contributed by atoms with Crippen molar-refractivity contribution in [2.75, 3.05) is 12.8 Å². The van der Waals surface area contributed by atoms with Crippen LogP contribution in [-0.4, -0.2) is 13.2 Å². The normalized spacial score (nSPS) is 12.2. The Hall–Kier alpha value is -1.38. The number of nitrogens with two attached hydrogens (primary N) is 1. The second-order valence-corrected chi connectivity index (χ2v) is 5.04. The van der Waals surface area contributed by atoms with Crippen LogP contribution in [0.1, 0.15) is 52.4 Å². The van der Waals surface area contributed by atoms with Gasteiger partial charge in [0.1, 0.15) is 0 Å². The first-order valence-corrected chi connectivity index (χ1v) is 7.27. The molecule has 0 aliphatic heterocycles. The molecule has 2 N–H and O–H groups in total. The average molecular weight is 265 g/mol. The van der Waals surface area contributed by atoms with Crippen molar-refractivity contribution < 1.29 is 9.47 Å². The SMILES string of the molecule is CCCCCCCC(C)Oc1ccc(N)cc1OC. The van der Waals surface area contributed by atoms with E-state index in [1.165, 1.54) is 32.1 Å². The number of rotatable bonds is 9. The van der Waals surface area contributed by atoms with Gasteiger partial charge in [0.05, 0.1) is 13.2 Å². The molecule has 1 unspecified atom stereocenters. The van der Waals surface area contributed by atoms with Crippen molar-refractivity contribution in [1.82, 2.24) is 0 Å². The molecule has 0 amide bonds. The Labute approximate surface area is 117 Å². The molecule has 0 radical (unpaired) electrons. The van der Waals surface area contributed by atoms with Gasteiger partial charge in [-0.1, -0.05) is 32.6 Å². The first kappa shape index (κ1) is 15.7. The van der Waals surface area contributed by atoms with Gasteiger partial charge in [-0.25, -0.2) is 0 Å². The van der Waals surface area contributed by atoms with E-state index in [-0.39, 0.29) is 6.10 Å². The molecule has 0 heterocycles. The Morgan fingerprint density at radius 1 is 1.11 bits per heavy atom. The third-order valence-corrected chi connectivity index (χ3v) is 3.23. The molecule has 19 heavy (non-hydrogen) atoms. The van der Waals surface area contributed by atoms with E-state index in [9.17, 15) is 0 Å². The molecule has 1 rings (SSSR count). The molecule has 0 spiro atoms. The van der Waals surface area contributed by atoms with Gasteiger partial charge < -0.3 is 15.2 Å². The van der Waals surface area contributed by atoms with Crippen LogP contribution in [0.4, 0.5) is 5.69 Å². The summed E-state index contributed by atoms with van der Waals surface area (Å²) in [4.78, 5) is 0. The molecule has 1 atom stereocenters. The van der Waals surface area contributed by atoms with Gasteiger partial charge in [-0.3, -0.25) is 0 Å². The van der Waals surface area contributed by atoms with Crippen molar-refractivity contribution in [2.24, 2.45) is 0 Å². The Morgan fingerprint density at radius 3 is 2.53 bits per heavy atom. The van der Waals surface area contributed by atoms with Crippen molar-refractivity contribution >= 4 is 5.69 Å². The Bertz CT molecular complexity index is 366. The van der Waals surface area contributed by atoms with Crippen LogP contribution in [0, 0.1) is 0 Å². The number of nitrogen functional groups attached to an aromatic ring is 1. The zero-order valence-electron chi connectivity index (χ0n) is 12.4. The lowest BCUT2D eigenvalue weighted by molar-refractivity contribution is 0.197.